The van der Waals surface area contributed by atoms with Crippen molar-refractivity contribution in [1.82, 2.24) is 9.88 Å². The van der Waals surface area contributed by atoms with E-state index < -0.39 is 5.97 Å². The van der Waals surface area contributed by atoms with E-state index in [1.54, 1.807) is 11.1 Å². The van der Waals surface area contributed by atoms with E-state index in [0.29, 0.717) is 6.54 Å². The van der Waals surface area contributed by atoms with Gasteiger partial charge in [0.2, 0.25) is 5.91 Å². The van der Waals surface area contributed by atoms with Crippen LogP contribution in [0.4, 0.5) is 0 Å². The zero-order valence-electron chi connectivity index (χ0n) is 10.7. The van der Waals surface area contributed by atoms with Crippen molar-refractivity contribution in [1.29, 1.82) is 0 Å². The number of carboxylic acid groups (broad SMARTS) is 1. The molecule has 1 amide bonds. The number of carbonyl (C=O) groups excluding carboxylic acids is 1. The number of likely N-dealkylation sites (N-methyl/N-ethyl adjacent to an activating group) is 1. The van der Waals surface area contributed by atoms with E-state index in [-0.39, 0.29) is 25.3 Å². The summed E-state index contributed by atoms with van der Waals surface area (Å²) in [6.07, 6.45) is 1.85. The van der Waals surface area contributed by atoms with Crippen LogP contribution >= 0.6 is 0 Å². The predicted molar refractivity (Wildman–Crippen MR) is 67.2 cm³/mol. The molecule has 1 heterocycles. The summed E-state index contributed by atoms with van der Waals surface area (Å²) in [6.45, 7) is 4.50. The number of amides is 1. The summed E-state index contributed by atoms with van der Waals surface area (Å²) in [5.74, 6) is -0.976. The van der Waals surface area contributed by atoms with Crippen LogP contribution in [0.1, 0.15) is 24.6 Å². The molecule has 1 N–H and O–H groups in total. The summed E-state index contributed by atoms with van der Waals surface area (Å²) < 4.78 is 0. The number of pyridine rings is 1. The molecular weight excluding hydrogens is 232 g/mol. The number of rotatable bonds is 6. The molecule has 0 fully saturated rings. The van der Waals surface area contributed by atoms with Gasteiger partial charge in [-0.25, -0.2) is 0 Å². The molecule has 0 radical (unpaired) electrons. The minimum absolute atomic E-state index is 0.0270. The van der Waals surface area contributed by atoms with Gasteiger partial charge in [-0.1, -0.05) is 6.07 Å². The molecule has 0 saturated carbocycles. The Hall–Kier alpha value is -1.91. The third-order valence-corrected chi connectivity index (χ3v) is 2.77. The van der Waals surface area contributed by atoms with Crippen LogP contribution in [0.5, 0.6) is 0 Å². The molecule has 1 rings (SSSR count). The third kappa shape index (κ3) is 4.16. The fraction of sp³-hybridized carbons (Fsp3) is 0.462. The standard InChI is InChI=1S/C13H18N2O3/c1-3-15(8-6-13(17)18)12(16)9-11-10(2)5-4-7-14-11/h4-5,7H,3,6,8-9H2,1-2H3,(H,17,18). The molecule has 0 aliphatic heterocycles. The van der Waals surface area contributed by atoms with Crippen molar-refractivity contribution >= 4 is 11.9 Å². The van der Waals surface area contributed by atoms with Crippen LogP contribution in [0.25, 0.3) is 0 Å². The first-order chi connectivity index (χ1) is 8.54. The van der Waals surface area contributed by atoms with Gasteiger partial charge in [-0.15, -0.1) is 0 Å². The van der Waals surface area contributed by atoms with Crippen LogP contribution in [0.3, 0.4) is 0 Å². The number of carbonyl (C=O) groups is 2. The Morgan fingerprint density at radius 3 is 2.72 bits per heavy atom. The highest BCUT2D eigenvalue weighted by molar-refractivity contribution is 5.79. The number of aromatic nitrogens is 1. The van der Waals surface area contributed by atoms with Gasteiger partial charge < -0.3 is 10.0 Å². The topological polar surface area (TPSA) is 70.5 Å². The monoisotopic (exact) mass is 250 g/mol. The Morgan fingerprint density at radius 2 is 2.17 bits per heavy atom. The van der Waals surface area contributed by atoms with Gasteiger partial charge in [0.15, 0.2) is 0 Å². The number of hydrogen-bond acceptors (Lipinski definition) is 3. The first-order valence-corrected chi connectivity index (χ1v) is 5.94. The highest BCUT2D eigenvalue weighted by atomic mass is 16.4. The molecule has 18 heavy (non-hydrogen) atoms. The maximum Gasteiger partial charge on any atom is 0.305 e. The van der Waals surface area contributed by atoms with Gasteiger partial charge in [0.25, 0.3) is 0 Å². The van der Waals surface area contributed by atoms with E-state index in [2.05, 4.69) is 4.98 Å². The smallest absolute Gasteiger partial charge is 0.305 e. The molecule has 98 valence electrons. The largest absolute Gasteiger partial charge is 0.481 e. The number of nitrogens with zero attached hydrogens (tertiary/aromatic N) is 2. The zero-order chi connectivity index (χ0) is 13.5. The average molecular weight is 250 g/mol. The van der Waals surface area contributed by atoms with Gasteiger partial charge in [-0.3, -0.25) is 14.6 Å². The normalized spacial score (nSPS) is 10.1. The molecule has 0 aromatic carbocycles. The highest BCUT2D eigenvalue weighted by Gasteiger charge is 2.14. The van der Waals surface area contributed by atoms with E-state index in [4.69, 9.17) is 5.11 Å². The van der Waals surface area contributed by atoms with Crippen molar-refractivity contribution in [3.8, 4) is 0 Å². The third-order valence-electron chi connectivity index (χ3n) is 2.77. The van der Waals surface area contributed by atoms with Crippen LogP contribution in [0.2, 0.25) is 0 Å². The maximum atomic E-state index is 12.0. The SMILES string of the molecule is CCN(CCC(=O)O)C(=O)Cc1ncccc1C. The molecule has 5 heteroatoms. The zero-order valence-corrected chi connectivity index (χ0v) is 10.7. The minimum atomic E-state index is -0.893. The van der Waals surface area contributed by atoms with E-state index in [1.165, 1.54) is 0 Å². The molecule has 0 aliphatic carbocycles. The Morgan fingerprint density at radius 1 is 1.44 bits per heavy atom. The van der Waals surface area contributed by atoms with Crippen molar-refractivity contribution in [2.45, 2.75) is 26.7 Å². The number of hydrogen-bond donors (Lipinski definition) is 1. The summed E-state index contributed by atoms with van der Waals surface area (Å²) in [4.78, 5) is 28.2. The summed E-state index contributed by atoms with van der Waals surface area (Å²) in [6, 6.07) is 3.73. The van der Waals surface area contributed by atoms with Crippen molar-refractivity contribution in [3.05, 3.63) is 29.6 Å². The molecule has 0 atom stereocenters. The van der Waals surface area contributed by atoms with Crippen LogP contribution in [0.15, 0.2) is 18.3 Å². The Labute approximate surface area is 106 Å². The van der Waals surface area contributed by atoms with Gasteiger partial charge in [-0.05, 0) is 25.5 Å². The lowest BCUT2D eigenvalue weighted by Crippen LogP contribution is -2.34. The molecule has 0 unspecified atom stereocenters. The van der Waals surface area contributed by atoms with Crippen LogP contribution in [-0.2, 0) is 16.0 Å². The minimum Gasteiger partial charge on any atom is -0.481 e. The first-order valence-electron chi connectivity index (χ1n) is 5.94. The molecule has 0 saturated heterocycles. The van der Waals surface area contributed by atoms with Crippen LogP contribution < -0.4 is 0 Å². The summed E-state index contributed by atoms with van der Waals surface area (Å²) in [5, 5.41) is 8.62. The van der Waals surface area contributed by atoms with Crippen LogP contribution in [-0.4, -0.2) is 40.0 Å². The molecular formula is C13H18N2O3. The maximum absolute atomic E-state index is 12.0. The lowest BCUT2D eigenvalue weighted by atomic mass is 10.1. The fourth-order valence-electron chi connectivity index (χ4n) is 1.65. The lowest BCUT2D eigenvalue weighted by Gasteiger charge is -2.20. The van der Waals surface area contributed by atoms with Crippen molar-refractivity contribution < 1.29 is 14.7 Å². The molecule has 0 bridgehead atoms. The van der Waals surface area contributed by atoms with Crippen molar-refractivity contribution in [2.24, 2.45) is 0 Å². The van der Waals surface area contributed by atoms with Gasteiger partial charge in [0, 0.05) is 19.3 Å². The Kier molecular flexibility index (Phi) is 5.30. The highest BCUT2D eigenvalue weighted by Crippen LogP contribution is 2.06. The second-order valence-corrected chi connectivity index (χ2v) is 4.06. The van der Waals surface area contributed by atoms with Gasteiger partial charge in [0.05, 0.1) is 18.5 Å². The number of aryl methyl sites for hydroxylation is 1. The first kappa shape index (κ1) is 14.2. The summed E-state index contributed by atoms with van der Waals surface area (Å²) in [7, 11) is 0. The van der Waals surface area contributed by atoms with Crippen molar-refractivity contribution in [2.75, 3.05) is 13.1 Å². The molecule has 1 aromatic heterocycles. The Balaban J connectivity index is 2.62. The van der Waals surface area contributed by atoms with Gasteiger partial charge >= 0.3 is 5.97 Å². The van der Waals surface area contributed by atoms with E-state index >= 15 is 0 Å². The lowest BCUT2D eigenvalue weighted by molar-refractivity contribution is -0.138. The fourth-order valence-corrected chi connectivity index (χ4v) is 1.65. The van der Waals surface area contributed by atoms with Gasteiger partial charge in [0.1, 0.15) is 0 Å². The second kappa shape index (κ2) is 6.74. The number of carboxylic acids is 1. The molecule has 0 spiro atoms. The molecule has 5 nitrogen and oxygen atoms in total. The average Bonchev–Trinajstić information content (AvgIpc) is 2.32. The van der Waals surface area contributed by atoms with E-state index in [9.17, 15) is 9.59 Å². The summed E-state index contributed by atoms with van der Waals surface area (Å²) >= 11 is 0. The van der Waals surface area contributed by atoms with E-state index in [0.717, 1.165) is 11.3 Å². The van der Waals surface area contributed by atoms with E-state index in [1.807, 2.05) is 26.0 Å². The predicted octanol–water partition coefficient (Wildman–Crippen LogP) is 1.26. The quantitative estimate of drug-likeness (QED) is 0.825. The molecule has 0 aliphatic rings. The second-order valence-electron chi connectivity index (χ2n) is 4.06. The Bertz CT molecular complexity index is 432. The van der Waals surface area contributed by atoms with Crippen molar-refractivity contribution in [3.63, 3.8) is 0 Å². The summed E-state index contributed by atoms with van der Waals surface area (Å²) in [5.41, 5.74) is 1.72. The molecule has 1 aromatic rings. The number of aliphatic carboxylic acids is 1. The van der Waals surface area contributed by atoms with Gasteiger partial charge in [-0.2, -0.15) is 0 Å². The van der Waals surface area contributed by atoms with Crippen LogP contribution in [0, 0.1) is 6.92 Å².